The van der Waals surface area contributed by atoms with Crippen LogP contribution in [0.25, 0.3) is 0 Å². The summed E-state index contributed by atoms with van der Waals surface area (Å²) in [5, 5.41) is 0. The van der Waals surface area contributed by atoms with Crippen molar-refractivity contribution < 1.29 is 0 Å². The van der Waals surface area contributed by atoms with E-state index in [1.807, 2.05) is 0 Å². The third kappa shape index (κ3) is 3.44. The zero-order valence-corrected chi connectivity index (χ0v) is 14.3. The molecule has 1 aliphatic carbocycles. The summed E-state index contributed by atoms with van der Waals surface area (Å²) in [5.41, 5.74) is 7.40. The van der Waals surface area contributed by atoms with Crippen LogP contribution >= 0.6 is 15.9 Å². The van der Waals surface area contributed by atoms with E-state index in [2.05, 4.69) is 58.9 Å². The van der Waals surface area contributed by atoms with Crippen molar-refractivity contribution in [3.63, 3.8) is 0 Å². The second kappa shape index (κ2) is 7.58. The lowest BCUT2D eigenvalue weighted by molar-refractivity contribution is 0.0767. The van der Waals surface area contributed by atoms with Crippen LogP contribution in [0.3, 0.4) is 0 Å². The Morgan fingerprint density at radius 3 is 2.65 bits per heavy atom. The van der Waals surface area contributed by atoms with Gasteiger partial charge in [0.2, 0.25) is 0 Å². The first kappa shape index (κ1) is 16.0. The molecule has 0 bridgehead atoms. The van der Waals surface area contributed by atoms with Gasteiger partial charge in [0, 0.05) is 16.6 Å². The quantitative estimate of drug-likeness (QED) is 0.864. The first-order chi connectivity index (χ1) is 9.69. The fourth-order valence-corrected chi connectivity index (χ4v) is 4.30. The van der Waals surface area contributed by atoms with E-state index in [1.54, 1.807) is 0 Å². The van der Waals surface area contributed by atoms with Gasteiger partial charge in [0.15, 0.2) is 0 Å². The van der Waals surface area contributed by atoms with E-state index in [9.17, 15) is 0 Å². The van der Waals surface area contributed by atoms with Crippen LogP contribution in [0.1, 0.15) is 51.1 Å². The molecular weight excluding hydrogens is 312 g/mol. The predicted molar refractivity (Wildman–Crippen MR) is 89.7 cm³/mol. The van der Waals surface area contributed by atoms with E-state index in [0.29, 0.717) is 18.0 Å². The third-order valence-electron chi connectivity index (χ3n) is 4.82. The van der Waals surface area contributed by atoms with Gasteiger partial charge in [0.05, 0.1) is 0 Å². The highest BCUT2D eigenvalue weighted by Gasteiger charge is 2.31. The number of hydrogen-bond acceptors (Lipinski definition) is 2. The summed E-state index contributed by atoms with van der Waals surface area (Å²) in [7, 11) is 0. The van der Waals surface area contributed by atoms with Crippen LogP contribution in [0.5, 0.6) is 0 Å². The summed E-state index contributed by atoms with van der Waals surface area (Å²) in [6, 6.07) is 9.66. The molecule has 2 N–H and O–H groups in total. The van der Waals surface area contributed by atoms with Gasteiger partial charge in [0.25, 0.3) is 0 Å². The fraction of sp³-hybridized carbons (Fsp3) is 0.647. The van der Waals surface area contributed by atoms with Crippen molar-refractivity contribution in [1.82, 2.24) is 4.90 Å². The molecule has 0 aromatic heterocycles. The predicted octanol–water partition coefficient (Wildman–Crippen LogP) is 4.35. The molecular formula is C17H27BrN2. The van der Waals surface area contributed by atoms with Crippen LogP contribution < -0.4 is 5.73 Å². The van der Waals surface area contributed by atoms with E-state index in [1.165, 1.54) is 35.7 Å². The molecule has 0 saturated heterocycles. The molecule has 1 aromatic carbocycles. The number of halogens is 1. The molecule has 3 heteroatoms. The van der Waals surface area contributed by atoms with Gasteiger partial charge in [-0.2, -0.15) is 0 Å². The summed E-state index contributed by atoms with van der Waals surface area (Å²) in [6.07, 6.45) is 5.28. The van der Waals surface area contributed by atoms with Gasteiger partial charge < -0.3 is 5.73 Å². The zero-order valence-electron chi connectivity index (χ0n) is 12.7. The molecule has 1 fully saturated rings. The molecule has 0 aliphatic heterocycles. The number of benzene rings is 1. The maximum Gasteiger partial charge on any atom is 0.0334 e. The minimum atomic E-state index is 0.438. The SMILES string of the molecule is CCN(C(C)c1ccccc1Br)C1CCCCC1CN. The highest BCUT2D eigenvalue weighted by atomic mass is 79.9. The van der Waals surface area contributed by atoms with Crippen molar-refractivity contribution in [3.8, 4) is 0 Å². The van der Waals surface area contributed by atoms with Crippen molar-refractivity contribution in [3.05, 3.63) is 34.3 Å². The Hall–Kier alpha value is -0.380. The van der Waals surface area contributed by atoms with Gasteiger partial charge in [-0.15, -0.1) is 0 Å². The average molecular weight is 339 g/mol. The molecule has 2 rings (SSSR count). The normalized spacial score (nSPS) is 24.9. The Bertz CT molecular complexity index is 421. The summed E-state index contributed by atoms with van der Waals surface area (Å²) in [5.74, 6) is 0.661. The summed E-state index contributed by atoms with van der Waals surface area (Å²) < 4.78 is 1.21. The van der Waals surface area contributed by atoms with Gasteiger partial charge in [-0.05, 0) is 50.4 Å². The van der Waals surface area contributed by atoms with Crippen LogP contribution in [0, 0.1) is 5.92 Å². The van der Waals surface area contributed by atoms with E-state index in [-0.39, 0.29) is 0 Å². The number of rotatable bonds is 5. The maximum absolute atomic E-state index is 6.02. The van der Waals surface area contributed by atoms with E-state index >= 15 is 0 Å². The number of nitrogens with zero attached hydrogens (tertiary/aromatic N) is 1. The van der Waals surface area contributed by atoms with Crippen molar-refractivity contribution in [2.75, 3.05) is 13.1 Å². The summed E-state index contributed by atoms with van der Waals surface area (Å²) in [4.78, 5) is 2.65. The average Bonchev–Trinajstić information content (AvgIpc) is 2.49. The fourth-order valence-electron chi connectivity index (χ4n) is 3.69. The monoisotopic (exact) mass is 338 g/mol. The van der Waals surface area contributed by atoms with Crippen molar-refractivity contribution >= 4 is 15.9 Å². The first-order valence-corrected chi connectivity index (χ1v) is 8.68. The van der Waals surface area contributed by atoms with E-state index in [4.69, 9.17) is 5.73 Å². The second-order valence-corrected chi connectivity index (χ2v) is 6.73. The standard InChI is InChI=1S/C17H27BrN2/c1-3-20(17-11-7-4-8-14(17)12-19)13(2)15-9-5-6-10-16(15)18/h5-6,9-10,13-14,17H,3-4,7-8,11-12,19H2,1-2H3. The maximum atomic E-state index is 6.02. The molecule has 112 valence electrons. The molecule has 20 heavy (non-hydrogen) atoms. The molecule has 0 amide bonds. The Kier molecular flexibility index (Phi) is 6.06. The lowest BCUT2D eigenvalue weighted by Crippen LogP contribution is -2.46. The van der Waals surface area contributed by atoms with Crippen LogP contribution in [0.15, 0.2) is 28.7 Å². The molecule has 1 saturated carbocycles. The van der Waals surface area contributed by atoms with Crippen LogP contribution in [-0.2, 0) is 0 Å². The van der Waals surface area contributed by atoms with Gasteiger partial charge in [0.1, 0.15) is 0 Å². The largest absolute Gasteiger partial charge is 0.330 e. The van der Waals surface area contributed by atoms with Gasteiger partial charge in [-0.3, -0.25) is 4.90 Å². The van der Waals surface area contributed by atoms with Crippen molar-refractivity contribution in [1.29, 1.82) is 0 Å². The Morgan fingerprint density at radius 1 is 1.30 bits per heavy atom. The van der Waals surface area contributed by atoms with Crippen molar-refractivity contribution in [2.45, 2.75) is 51.6 Å². The molecule has 1 aromatic rings. The molecule has 0 radical (unpaired) electrons. The van der Waals surface area contributed by atoms with Crippen LogP contribution in [-0.4, -0.2) is 24.0 Å². The Morgan fingerprint density at radius 2 is 2.00 bits per heavy atom. The van der Waals surface area contributed by atoms with Gasteiger partial charge in [-0.1, -0.05) is 53.9 Å². The zero-order chi connectivity index (χ0) is 14.5. The molecule has 3 atom stereocenters. The van der Waals surface area contributed by atoms with Crippen molar-refractivity contribution in [2.24, 2.45) is 11.7 Å². The third-order valence-corrected chi connectivity index (χ3v) is 5.54. The van der Waals surface area contributed by atoms with E-state index < -0.39 is 0 Å². The molecule has 0 spiro atoms. The highest BCUT2D eigenvalue weighted by molar-refractivity contribution is 9.10. The molecule has 3 unspecified atom stereocenters. The number of hydrogen-bond donors (Lipinski definition) is 1. The Labute approximate surface area is 131 Å². The minimum absolute atomic E-state index is 0.438. The second-order valence-electron chi connectivity index (χ2n) is 5.88. The molecule has 0 heterocycles. The van der Waals surface area contributed by atoms with E-state index in [0.717, 1.165) is 13.1 Å². The minimum Gasteiger partial charge on any atom is -0.330 e. The first-order valence-electron chi connectivity index (χ1n) is 7.89. The smallest absolute Gasteiger partial charge is 0.0334 e. The lowest BCUT2D eigenvalue weighted by atomic mass is 9.82. The van der Waals surface area contributed by atoms with Crippen LogP contribution in [0.2, 0.25) is 0 Å². The summed E-state index contributed by atoms with van der Waals surface area (Å²) in [6.45, 7) is 6.51. The topological polar surface area (TPSA) is 29.3 Å². The Balaban J connectivity index is 2.20. The highest BCUT2D eigenvalue weighted by Crippen LogP contribution is 2.35. The molecule has 1 aliphatic rings. The molecule has 2 nitrogen and oxygen atoms in total. The van der Waals surface area contributed by atoms with Crippen LogP contribution in [0.4, 0.5) is 0 Å². The number of nitrogens with two attached hydrogens (primary N) is 1. The lowest BCUT2D eigenvalue weighted by Gasteiger charge is -2.42. The van der Waals surface area contributed by atoms with Gasteiger partial charge in [-0.25, -0.2) is 0 Å². The van der Waals surface area contributed by atoms with Gasteiger partial charge >= 0.3 is 0 Å². The summed E-state index contributed by atoms with van der Waals surface area (Å²) >= 11 is 3.70.